The van der Waals surface area contributed by atoms with Crippen LogP contribution in [0.2, 0.25) is 0 Å². The van der Waals surface area contributed by atoms with E-state index < -0.39 is 47.6 Å². The molecule has 0 spiro atoms. The molecule has 3 saturated heterocycles. The number of benzene rings is 2. The summed E-state index contributed by atoms with van der Waals surface area (Å²) in [5.74, 6) is -0.801. The summed E-state index contributed by atoms with van der Waals surface area (Å²) in [6.07, 6.45) is 10.1. The number of hydrogen-bond donors (Lipinski definition) is 4. The van der Waals surface area contributed by atoms with Gasteiger partial charge in [0.05, 0.1) is 24.2 Å². The number of aliphatic hydroxyl groups is 1. The summed E-state index contributed by atoms with van der Waals surface area (Å²) >= 11 is 0. The second kappa shape index (κ2) is 17.8. The average Bonchev–Trinajstić information content (AvgIpc) is 3.43. The smallest absolute Gasteiger partial charge is 0.410 e. The minimum atomic E-state index is -0.812. The molecule has 3 heterocycles. The topological polar surface area (TPSA) is 120 Å². The van der Waals surface area contributed by atoms with Crippen LogP contribution in [0.1, 0.15) is 89.2 Å². The Hall–Kier alpha value is -3.71. The Morgan fingerprint density at radius 3 is 1.87 bits per heavy atom. The summed E-state index contributed by atoms with van der Waals surface area (Å²) in [6, 6.07) is 5.29. The Morgan fingerprint density at radius 1 is 0.778 bits per heavy atom. The van der Waals surface area contributed by atoms with Crippen LogP contribution in [0.15, 0.2) is 36.4 Å². The number of piperidine rings is 2. The van der Waals surface area contributed by atoms with Crippen LogP contribution >= 0.6 is 0 Å². The number of rotatable bonds is 9. The third-order valence-electron chi connectivity index (χ3n) is 12.3. The zero-order valence-corrected chi connectivity index (χ0v) is 31.2. The monoisotopic (exact) mass is 758 g/mol. The molecule has 0 radical (unpaired) electrons. The number of ether oxygens (including phenoxy) is 1. The van der Waals surface area contributed by atoms with Gasteiger partial charge in [-0.25, -0.2) is 22.4 Å². The largest absolute Gasteiger partial charge is 0.442 e. The maximum absolute atomic E-state index is 13.6. The lowest BCUT2D eigenvalue weighted by molar-refractivity contribution is -0.121. The number of nitrogens with one attached hydrogen (secondary N) is 3. The number of fused-ring (bicyclic) bond motifs is 3. The van der Waals surface area contributed by atoms with Crippen molar-refractivity contribution in [3.05, 3.63) is 70.8 Å². The standard InChI is InChI=1S/C21H26F2N2O3.C20H28F2N2O2/c1-12(26)24-18(8-13-6-16(22)10-17(23)7-13)20-19-9-14-4-2-3-5-15(14)11-25(19)21(27)28-20;1-12(25)24-19(8-13-6-16(21)10-17(22)7-13)20(26)18-9-14-4-2-3-5-15(14)11-23-18/h6-7,10,14-15,18-20H,2-5,8-9,11H2,1H3,(H,24,26);6-7,10,14-15,18-20,23,26H,2-5,8-9,11H2,1H3,(H,24,25)/t14?,15?,18-,19-,20-;14?,15?,18-,19-,20+/m00/s1. The second-order valence-electron chi connectivity index (χ2n) is 16.2. The molecule has 9 nitrogen and oxygen atoms in total. The minimum Gasteiger partial charge on any atom is -0.442 e. The Labute approximate surface area is 315 Å². The van der Waals surface area contributed by atoms with Crippen molar-refractivity contribution in [2.75, 3.05) is 13.1 Å². The van der Waals surface area contributed by atoms with Gasteiger partial charge >= 0.3 is 6.09 Å². The first kappa shape index (κ1) is 40.0. The third-order valence-corrected chi connectivity index (χ3v) is 12.3. The van der Waals surface area contributed by atoms with Gasteiger partial charge in [-0.05, 0) is 104 Å². The molecule has 5 aliphatic rings. The van der Waals surface area contributed by atoms with Crippen LogP contribution in [-0.4, -0.2) is 77.4 Å². The first-order chi connectivity index (χ1) is 25.8. The van der Waals surface area contributed by atoms with E-state index in [1.807, 2.05) is 0 Å². The Morgan fingerprint density at radius 2 is 1.30 bits per heavy atom. The molecular weight excluding hydrogens is 704 g/mol. The van der Waals surface area contributed by atoms with Crippen molar-refractivity contribution >= 4 is 17.9 Å². The molecule has 54 heavy (non-hydrogen) atoms. The fourth-order valence-corrected chi connectivity index (χ4v) is 9.91. The van der Waals surface area contributed by atoms with Crippen LogP contribution in [0, 0.1) is 46.9 Å². The van der Waals surface area contributed by atoms with Crippen molar-refractivity contribution in [2.45, 2.75) is 127 Å². The normalized spacial score (nSPS) is 29.2. The van der Waals surface area contributed by atoms with Gasteiger partial charge in [-0.15, -0.1) is 0 Å². The molecule has 4 unspecified atom stereocenters. The number of cyclic esters (lactones) is 1. The number of carbonyl (C=O) groups is 3. The summed E-state index contributed by atoms with van der Waals surface area (Å²) in [6.45, 7) is 4.36. The van der Waals surface area contributed by atoms with Crippen molar-refractivity contribution in [3.8, 4) is 0 Å². The highest BCUT2D eigenvalue weighted by molar-refractivity contribution is 5.74. The molecule has 13 heteroatoms. The summed E-state index contributed by atoms with van der Waals surface area (Å²) in [4.78, 5) is 37.7. The van der Waals surface area contributed by atoms with E-state index in [9.17, 15) is 37.1 Å². The van der Waals surface area contributed by atoms with E-state index in [-0.39, 0.29) is 42.8 Å². The van der Waals surface area contributed by atoms with Gasteiger partial charge in [0.15, 0.2) is 0 Å². The SMILES string of the molecule is CC(=O)N[C@@H](Cc1cc(F)cc(F)c1)[C@@H]1OC(=O)N2CC3CCCCC3C[C@@H]12.CC(=O)N[C@@H](Cc1cc(F)cc(F)c1)[C@H](O)[C@@H]1CC2CCCCC2CN1. The summed E-state index contributed by atoms with van der Waals surface area (Å²) in [7, 11) is 0. The molecule has 5 fully saturated rings. The minimum absolute atomic E-state index is 0.109. The van der Waals surface area contributed by atoms with E-state index in [1.54, 1.807) is 4.90 Å². The first-order valence-electron chi connectivity index (χ1n) is 19.7. The third kappa shape index (κ3) is 10.1. The van der Waals surface area contributed by atoms with Gasteiger partial charge in [0, 0.05) is 38.6 Å². The average molecular weight is 759 g/mol. The van der Waals surface area contributed by atoms with E-state index in [4.69, 9.17) is 4.74 Å². The molecule has 2 aromatic carbocycles. The Bertz CT molecular complexity index is 1610. The highest BCUT2D eigenvalue weighted by atomic mass is 19.1. The van der Waals surface area contributed by atoms with Crippen LogP contribution in [0.5, 0.6) is 0 Å². The van der Waals surface area contributed by atoms with Gasteiger partial charge in [0.1, 0.15) is 29.4 Å². The first-order valence-corrected chi connectivity index (χ1v) is 19.7. The van der Waals surface area contributed by atoms with Crippen molar-refractivity contribution in [2.24, 2.45) is 23.7 Å². The van der Waals surface area contributed by atoms with Gasteiger partial charge in [0.2, 0.25) is 11.8 Å². The predicted molar refractivity (Wildman–Crippen MR) is 194 cm³/mol. The molecular formula is C41H54F4N4O5. The molecule has 7 rings (SSSR count). The van der Waals surface area contributed by atoms with E-state index in [0.29, 0.717) is 41.3 Å². The number of aliphatic hydroxyl groups excluding tert-OH is 1. The number of amides is 3. The zero-order valence-electron chi connectivity index (χ0n) is 31.2. The van der Waals surface area contributed by atoms with Gasteiger partial charge in [-0.2, -0.15) is 0 Å². The highest BCUT2D eigenvalue weighted by Crippen LogP contribution is 2.43. The van der Waals surface area contributed by atoms with Gasteiger partial charge in [-0.3, -0.25) is 9.59 Å². The summed E-state index contributed by atoms with van der Waals surface area (Å²) < 4.78 is 59.9. The second-order valence-corrected chi connectivity index (χ2v) is 16.2. The van der Waals surface area contributed by atoms with Crippen LogP contribution in [-0.2, 0) is 27.2 Å². The number of halogens is 4. The summed E-state index contributed by atoms with van der Waals surface area (Å²) in [5.41, 5.74) is 0.851. The molecule has 3 aliphatic heterocycles. The summed E-state index contributed by atoms with van der Waals surface area (Å²) in [5, 5.41) is 19.9. The molecule has 296 valence electrons. The van der Waals surface area contributed by atoms with Crippen molar-refractivity contribution in [3.63, 3.8) is 0 Å². The van der Waals surface area contributed by atoms with E-state index >= 15 is 0 Å². The zero-order chi connectivity index (χ0) is 38.5. The number of hydrogen-bond acceptors (Lipinski definition) is 6. The molecule has 3 amide bonds. The highest BCUT2D eigenvalue weighted by Gasteiger charge is 2.51. The van der Waals surface area contributed by atoms with Crippen molar-refractivity contribution < 1.29 is 41.8 Å². The molecule has 4 N–H and O–H groups in total. The maximum atomic E-state index is 13.6. The fraction of sp³-hybridized carbons (Fsp3) is 0.634. The Kier molecular flexibility index (Phi) is 13.2. The molecule has 10 atom stereocenters. The predicted octanol–water partition coefficient (Wildman–Crippen LogP) is 5.95. The fourth-order valence-electron chi connectivity index (χ4n) is 9.91. The maximum Gasteiger partial charge on any atom is 0.410 e. The molecule has 2 saturated carbocycles. The van der Waals surface area contributed by atoms with Crippen LogP contribution < -0.4 is 16.0 Å². The lowest BCUT2D eigenvalue weighted by atomic mass is 9.72. The lowest BCUT2D eigenvalue weighted by Gasteiger charge is -2.43. The van der Waals surface area contributed by atoms with Crippen LogP contribution in [0.4, 0.5) is 22.4 Å². The number of nitrogens with zero attached hydrogens (tertiary/aromatic N) is 1. The molecule has 0 aromatic heterocycles. The van der Waals surface area contributed by atoms with E-state index in [2.05, 4.69) is 16.0 Å². The molecule has 2 aromatic rings. The quantitative estimate of drug-likeness (QED) is 0.235. The van der Waals surface area contributed by atoms with E-state index in [0.717, 1.165) is 44.4 Å². The van der Waals surface area contributed by atoms with Gasteiger partial charge < -0.3 is 30.7 Å². The van der Waals surface area contributed by atoms with Gasteiger partial charge in [-0.1, -0.05) is 38.5 Å². The molecule has 2 aliphatic carbocycles. The molecule has 0 bridgehead atoms. The number of carbonyl (C=O) groups excluding carboxylic acids is 3. The van der Waals surface area contributed by atoms with Gasteiger partial charge in [0.25, 0.3) is 0 Å². The Balaban J connectivity index is 0.000000185. The van der Waals surface area contributed by atoms with E-state index in [1.165, 1.54) is 76.6 Å². The van der Waals surface area contributed by atoms with Crippen LogP contribution in [0.3, 0.4) is 0 Å². The lowest BCUT2D eigenvalue weighted by Crippen LogP contribution is -2.57. The van der Waals surface area contributed by atoms with Crippen molar-refractivity contribution in [1.82, 2.24) is 20.9 Å². The van der Waals surface area contributed by atoms with Crippen molar-refractivity contribution in [1.29, 1.82) is 0 Å². The van der Waals surface area contributed by atoms with Crippen LogP contribution in [0.25, 0.3) is 0 Å².